The number of aliphatic hydroxyl groups excluding tert-OH is 1. The molecule has 0 amide bonds. The number of rotatable bonds is 3. The van der Waals surface area contributed by atoms with Crippen LogP contribution in [0.4, 0.5) is 5.82 Å². The van der Waals surface area contributed by atoms with Crippen molar-refractivity contribution in [1.29, 1.82) is 0 Å². The van der Waals surface area contributed by atoms with E-state index in [0.29, 0.717) is 16.1 Å². The van der Waals surface area contributed by atoms with Crippen LogP contribution in [-0.4, -0.2) is 28.2 Å². The molecule has 0 radical (unpaired) electrons. The van der Waals surface area contributed by atoms with Crippen LogP contribution >= 0.6 is 11.6 Å². The number of anilines is 1. The van der Waals surface area contributed by atoms with Crippen molar-refractivity contribution in [2.75, 3.05) is 18.0 Å². The second-order valence-corrected chi connectivity index (χ2v) is 10.0. The van der Waals surface area contributed by atoms with Crippen LogP contribution in [0.1, 0.15) is 46.5 Å². The van der Waals surface area contributed by atoms with Gasteiger partial charge in [-0.3, -0.25) is 0 Å². The number of piperidine rings is 1. The molecule has 1 spiro atoms. The van der Waals surface area contributed by atoms with Gasteiger partial charge in [-0.1, -0.05) is 47.5 Å². The second-order valence-electron chi connectivity index (χ2n) is 9.61. The van der Waals surface area contributed by atoms with Gasteiger partial charge in [-0.05, 0) is 74.6 Å². The average molecular weight is 448 g/mol. The average Bonchev–Trinajstić information content (AvgIpc) is 3.13. The molecule has 5 heteroatoms. The fourth-order valence-electron chi connectivity index (χ4n) is 5.53. The number of aromatic nitrogens is 2. The van der Waals surface area contributed by atoms with Gasteiger partial charge in [0.15, 0.2) is 5.82 Å². The maximum absolute atomic E-state index is 10.1. The number of hydrogen-bond donors (Lipinski definition) is 1. The topological polar surface area (TPSA) is 49.2 Å². The molecular weight excluding hydrogens is 418 g/mol. The molecule has 4 nitrogen and oxygen atoms in total. The number of fused-ring (bicyclic) bond motifs is 1. The van der Waals surface area contributed by atoms with Crippen molar-refractivity contribution >= 4 is 17.4 Å². The highest BCUT2D eigenvalue weighted by Gasteiger charge is 2.40. The van der Waals surface area contributed by atoms with Crippen molar-refractivity contribution in [2.24, 2.45) is 5.41 Å². The lowest BCUT2D eigenvalue weighted by molar-refractivity contribution is 0.231. The van der Waals surface area contributed by atoms with E-state index in [0.717, 1.165) is 54.3 Å². The van der Waals surface area contributed by atoms with Gasteiger partial charge in [0.1, 0.15) is 5.69 Å². The predicted molar refractivity (Wildman–Crippen MR) is 130 cm³/mol. The lowest BCUT2D eigenvalue weighted by Crippen LogP contribution is -2.41. The Labute approximate surface area is 195 Å². The molecule has 5 rings (SSSR count). The van der Waals surface area contributed by atoms with E-state index in [9.17, 15) is 5.11 Å². The van der Waals surface area contributed by atoms with Crippen LogP contribution in [0, 0.1) is 26.2 Å². The zero-order chi connectivity index (χ0) is 22.5. The van der Waals surface area contributed by atoms with E-state index in [1.807, 2.05) is 32.0 Å². The molecule has 1 saturated heterocycles. The maximum Gasteiger partial charge on any atom is 0.153 e. The number of aliphatic hydroxyl groups is 1. The minimum Gasteiger partial charge on any atom is -0.390 e. The lowest BCUT2D eigenvalue weighted by Gasteiger charge is -2.40. The Balaban J connectivity index is 1.39. The van der Waals surface area contributed by atoms with Crippen LogP contribution in [0.25, 0.3) is 11.3 Å². The molecule has 0 atom stereocenters. The Hall–Kier alpha value is -2.43. The van der Waals surface area contributed by atoms with Gasteiger partial charge >= 0.3 is 0 Å². The zero-order valence-electron chi connectivity index (χ0n) is 19.1. The first kappa shape index (κ1) is 21.4. The number of benzene rings is 2. The van der Waals surface area contributed by atoms with Crippen molar-refractivity contribution in [2.45, 2.75) is 53.1 Å². The van der Waals surface area contributed by atoms with Crippen LogP contribution in [0.15, 0.2) is 36.4 Å². The summed E-state index contributed by atoms with van der Waals surface area (Å²) in [6, 6.07) is 12.8. The monoisotopic (exact) mass is 447 g/mol. The van der Waals surface area contributed by atoms with Crippen molar-refractivity contribution in [3.05, 3.63) is 75.1 Å². The molecule has 2 aliphatic rings. The van der Waals surface area contributed by atoms with Crippen LogP contribution in [0.2, 0.25) is 5.02 Å². The van der Waals surface area contributed by atoms with Gasteiger partial charge in [-0.2, -0.15) is 0 Å². The number of hydrogen-bond acceptors (Lipinski definition) is 4. The first-order chi connectivity index (χ1) is 15.4. The van der Waals surface area contributed by atoms with E-state index in [1.165, 1.54) is 29.5 Å². The molecule has 1 aromatic heterocycles. The van der Waals surface area contributed by atoms with Gasteiger partial charge in [-0.15, -0.1) is 0 Å². The third-order valence-corrected chi connectivity index (χ3v) is 7.82. The van der Waals surface area contributed by atoms with Gasteiger partial charge in [0.2, 0.25) is 0 Å². The Morgan fingerprint density at radius 3 is 2.50 bits per heavy atom. The van der Waals surface area contributed by atoms with Gasteiger partial charge < -0.3 is 10.0 Å². The zero-order valence-corrected chi connectivity index (χ0v) is 19.8. The highest BCUT2D eigenvalue weighted by Crippen LogP contribution is 2.45. The molecule has 166 valence electrons. The van der Waals surface area contributed by atoms with Crippen molar-refractivity contribution in [3.8, 4) is 11.3 Å². The van der Waals surface area contributed by atoms with Gasteiger partial charge in [0.25, 0.3) is 0 Å². The highest BCUT2D eigenvalue weighted by atomic mass is 35.5. The number of nitrogens with zero attached hydrogens (tertiary/aromatic N) is 3. The van der Waals surface area contributed by atoms with Crippen LogP contribution in [0.3, 0.4) is 0 Å². The van der Waals surface area contributed by atoms with E-state index in [4.69, 9.17) is 21.6 Å². The summed E-state index contributed by atoms with van der Waals surface area (Å²) < 4.78 is 0. The van der Waals surface area contributed by atoms with E-state index < -0.39 is 0 Å². The summed E-state index contributed by atoms with van der Waals surface area (Å²) in [4.78, 5) is 12.1. The third kappa shape index (κ3) is 3.70. The number of halogens is 1. The molecule has 3 aromatic rings. The first-order valence-corrected chi connectivity index (χ1v) is 11.8. The Morgan fingerprint density at radius 1 is 1.00 bits per heavy atom. The Bertz CT molecular complexity index is 1180. The molecule has 2 heterocycles. The summed E-state index contributed by atoms with van der Waals surface area (Å²) >= 11 is 6.34. The van der Waals surface area contributed by atoms with E-state index in [2.05, 4.69) is 30.0 Å². The molecule has 1 fully saturated rings. The second kappa shape index (κ2) is 8.17. The standard InChI is InChI=1S/C27H30ClN3O/c1-17-7-8-20-14-27(15-21(20)13-17)9-11-31(12-10-27)26-24(16-32)30-25(19(3)29-26)22-5-4-6-23(28)18(22)2/h4-8,13,32H,9-12,14-16H2,1-3H3. The third-order valence-electron chi connectivity index (χ3n) is 7.41. The summed E-state index contributed by atoms with van der Waals surface area (Å²) in [5, 5.41) is 10.8. The molecule has 1 aliphatic carbocycles. The van der Waals surface area contributed by atoms with E-state index in [-0.39, 0.29) is 6.61 Å². The molecule has 0 bridgehead atoms. The quantitative estimate of drug-likeness (QED) is 0.567. The minimum absolute atomic E-state index is 0.123. The Morgan fingerprint density at radius 2 is 1.75 bits per heavy atom. The smallest absolute Gasteiger partial charge is 0.153 e. The summed E-state index contributed by atoms with van der Waals surface area (Å²) in [6.45, 7) is 7.94. The molecular formula is C27H30ClN3O. The largest absolute Gasteiger partial charge is 0.390 e. The van der Waals surface area contributed by atoms with Crippen molar-refractivity contribution in [3.63, 3.8) is 0 Å². The van der Waals surface area contributed by atoms with Crippen molar-refractivity contribution in [1.82, 2.24) is 9.97 Å². The maximum atomic E-state index is 10.1. The van der Waals surface area contributed by atoms with E-state index in [1.54, 1.807) is 0 Å². The molecule has 2 aromatic carbocycles. The molecule has 1 aliphatic heterocycles. The molecule has 0 saturated carbocycles. The first-order valence-electron chi connectivity index (χ1n) is 11.5. The lowest BCUT2D eigenvalue weighted by atomic mass is 9.76. The number of aryl methyl sites for hydroxylation is 2. The summed E-state index contributed by atoms with van der Waals surface area (Å²) in [5.74, 6) is 0.828. The van der Waals surface area contributed by atoms with Gasteiger partial charge in [0.05, 0.1) is 18.0 Å². The van der Waals surface area contributed by atoms with Crippen LogP contribution in [-0.2, 0) is 19.4 Å². The van der Waals surface area contributed by atoms with Crippen LogP contribution < -0.4 is 4.90 Å². The van der Waals surface area contributed by atoms with Gasteiger partial charge in [0, 0.05) is 23.7 Å². The molecule has 32 heavy (non-hydrogen) atoms. The highest BCUT2D eigenvalue weighted by molar-refractivity contribution is 6.31. The van der Waals surface area contributed by atoms with Crippen molar-refractivity contribution < 1.29 is 5.11 Å². The van der Waals surface area contributed by atoms with Crippen LogP contribution in [0.5, 0.6) is 0 Å². The fraction of sp³-hybridized carbons (Fsp3) is 0.407. The molecule has 1 N–H and O–H groups in total. The summed E-state index contributed by atoms with van der Waals surface area (Å²) in [5.41, 5.74) is 9.05. The van der Waals surface area contributed by atoms with E-state index >= 15 is 0 Å². The molecule has 0 unspecified atom stereocenters. The predicted octanol–water partition coefficient (Wildman–Crippen LogP) is 5.60. The summed E-state index contributed by atoms with van der Waals surface area (Å²) in [7, 11) is 0. The summed E-state index contributed by atoms with van der Waals surface area (Å²) in [6.07, 6.45) is 4.65. The normalized spacial score (nSPS) is 17.1. The SMILES string of the molecule is Cc1ccc2c(c1)CC1(CCN(c3nc(C)c(-c4cccc(Cl)c4C)nc3CO)CC1)C2. The fourth-order valence-corrected chi connectivity index (χ4v) is 5.70. The Kier molecular flexibility index (Phi) is 5.47. The van der Waals surface area contributed by atoms with Gasteiger partial charge in [-0.25, -0.2) is 9.97 Å². The minimum atomic E-state index is -0.123.